The molecule has 0 spiro atoms. The molecule has 0 aliphatic carbocycles. The molecule has 0 amide bonds. The number of nitrogens with one attached hydrogen (secondary N) is 1. The molecule has 2 heteroatoms. The van der Waals surface area contributed by atoms with E-state index in [1.807, 2.05) is 7.11 Å². The van der Waals surface area contributed by atoms with E-state index in [-0.39, 0.29) is 5.60 Å². The lowest BCUT2D eigenvalue weighted by Crippen LogP contribution is -2.32. The third kappa shape index (κ3) is 11.4. The maximum atomic E-state index is 5.51. The van der Waals surface area contributed by atoms with Gasteiger partial charge in [0.2, 0.25) is 0 Å². The van der Waals surface area contributed by atoms with E-state index < -0.39 is 0 Å². The minimum atomic E-state index is 0.0226. The van der Waals surface area contributed by atoms with E-state index in [1.165, 1.54) is 51.4 Å². The molecule has 0 rings (SSSR count). The normalized spacial score (nSPS) is 13.7. The Kier molecular flexibility index (Phi) is 11.7. The highest BCUT2D eigenvalue weighted by molar-refractivity contribution is 4.74. The summed E-state index contributed by atoms with van der Waals surface area (Å²) in [4.78, 5) is 0. The molecule has 0 saturated heterocycles. The molecule has 1 unspecified atom stereocenters. The van der Waals surface area contributed by atoms with Crippen molar-refractivity contribution in [2.45, 2.75) is 97.1 Å². The molecule has 0 heterocycles. The summed E-state index contributed by atoms with van der Waals surface area (Å²) in [5.74, 6) is 0. The van der Waals surface area contributed by atoms with E-state index in [9.17, 15) is 0 Å². The van der Waals surface area contributed by atoms with Gasteiger partial charge in [0.05, 0.1) is 5.60 Å². The third-order valence-electron chi connectivity index (χ3n) is 4.05. The first-order valence-corrected chi connectivity index (χ1v) is 8.34. The van der Waals surface area contributed by atoms with Crippen molar-refractivity contribution in [1.82, 2.24) is 5.32 Å². The van der Waals surface area contributed by atoms with Crippen LogP contribution in [0.1, 0.15) is 85.5 Å². The molecule has 116 valence electrons. The monoisotopic (exact) mass is 271 g/mol. The molecule has 19 heavy (non-hydrogen) atoms. The van der Waals surface area contributed by atoms with E-state index >= 15 is 0 Å². The van der Waals surface area contributed by atoms with Crippen LogP contribution in [0.3, 0.4) is 0 Å². The maximum Gasteiger partial charge on any atom is 0.0623 e. The van der Waals surface area contributed by atoms with Crippen LogP contribution in [0, 0.1) is 0 Å². The summed E-state index contributed by atoms with van der Waals surface area (Å²) in [6, 6.07) is 0.672. The van der Waals surface area contributed by atoms with Crippen LogP contribution < -0.4 is 5.32 Å². The molecule has 0 radical (unpaired) electrons. The van der Waals surface area contributed by atoms with Crippen molar-refractivity contribution in [2.24, 2.45) is 0 Å². The van der Waals surface area contributed by atoms with Gasteiger partial charge in [0, 0.05) is 13.2 Å². The highest BCUT2D eigenvalue weighted by atomic mass is 16.5. The fraction of sp³-hybridized carbons (Fsp3) is 1.00. The summed E-state index contributed by atoms with van der Waals surface area (Å²) >= 11 is 0. The van der Waals surface area contributed by atoms with Crippen LogP contribution in [0.5, 0.6) is 0 Å². The average molecular weight is 271 g/mol. The van der Waals surface area contributed by atoms with Gasteiger partial charge in [0.1, 0.15) is 0 Å². The zero-order valence-electron chi connectivity index (χ0n) is 14.1. The minimum Gasteiger partial charge on any atom is -0.379 e. The van der Waals surface area contributed by atoms with Gasteiger partial charge in [-0.25, -0.2) is 0 Å². The van der Waals surface area contributed by atoms with Crippen LogP contribution in [0.25, 0.3) is 0 Å². The number of ether oxygens (including phenoxy) is 1. The molecule has 0 aromatic carbocycles. The van der Waals surface area contributed by atoms with Crippen LogP contribution in [-0.2, 0) is 4.74 Å². The molecular formula is C17H37NO. The fourth-order valence-corrected chi connectivity index (χ4v) is 2.43. The Bertz CT molecular complexity index is 192. The van der Waals surface area contributed by atoms with Crippen LogP contribution in [0.2, 0.25) is 0 Å². The van der Waals surface area contributed by atoms with E-state index in [2.05, 4.69) is 33.0 Å². The highest BCUT2D eigenvalue weighted by Crippen LogP contribution is 2.19. The van der Waals surface area contributed by atoms with Crippen LogP contribution in [-0.4, -0.2) is 25.3 Å². The van der Waals surface area contributed by atoms with Crippen LogP contribution in [0.15, 0.2) is 0 Å². The Morgan fingerprint density at radius 1 is 0.947 bits per heavy atom. The molecule has 0 fully saturated rings. The average Bonchev–Trinajstić information content (AvgIpc) is 2.40. The summed E-state index contributed by atoms with van der Waals surface area (Å²) in [6.45, 7) is 9.92. The Morgan fingerprint density at radius 3 is 2.16 bits per heavy atom. The van der Waals surface area contributed by atoms with E-state index in [1.54, 1.807) is 0 Å². The number of methoxy groups -OCH3 is 1. The predicted molar refractivity (Wildman–Crippen MR) is 85.8 cm³/mol. The van der Waals surface area contributed by atoms with Gasteiger partial charge in [-0.3, -0.25) is 0 Å². The van der Waals surface area contributed by atoms with Crippen molar-refractivity contribution in [3.8, 4) is 0 Å². The van der Waals surface area contributed by atoms with Gasteiger partial charge in [-0.1, -0.05) is 52.4 Å². The van der Waals surface area contributed by atoms with Gasteiger partial charge < -0.3 is 10.1 Å². The smallest absolute Gasteiger partial charge is 0.0623 e. The van der Waals surface area contributed by atoms with E-state index in [0.717, 1.165) is 13.0 Å². The van der Waals surface area contributed by atoms with Crippen molar-refractivity contribution < 1.29 is 4.74 Å². The maximum absolute atomic E-state index is 5.51. The van der Waals surface area contributed by atoms with Crippen LogP contribution >= 0.6 is 0 Å². The predicted octanol–water partition coefficient (Wildman–Crippen LogP) is 4.92. The van der Waals surface area contributed by atoms with Crippen molar-refractivity contribution in [3.05, 3.63) is 0 Å². The number of hydrogen-bond donors (Lipinski definition) is 1. The largest absolute Gasteiger partial charge is 0.379 e. The first-order chi connectivity index (χ1) is 9.05. The molecule has 0 aromatic heterocycles. The second-order valence-corrected chi connectivity index (χ2v) is 6.31. The zero-order valence-corrected chi connectivity index (χ0v) is 14.1. The standard InChI is InChI=1S/C17H37NO/c1-6-8-9-10-11-12-13-16(18-7-2)14-15-17(3,4)19-5/h16,18H,6-15H2,1-5H3. The lowest BCUT2D eigenvalue weighted by molar-refractivity contribution is 0.0115. The molecular weight excluding hydrogens is 234 g/mol. The topological polar surface area (TPSA) is 21.3 Å². The summed E-state index contributed by atoms with van der Waals surface area (Å²) in [6.07, 6.45) is 12.0. The molecule has 0 saturated carbocycles. The first kappa shape index (κ1) is 18.9. The summed E-state index contributed by atoms with van der Waals surface area (Å²) in [5, 5.41) is 3.63. The van der Waals surface area contributed by atoms with Gasteiger partial charge in [0.25, 0.3) is 0 Å². The number of hydrogen-bond acceptors (Lipinski definition) is 2. The van der Waals surface area contributed by atoms with E-state index in [4.69, 9.17) is 4.74 Å². The van der Waals surface area contributed by atoms with Gasteiger partial charge in [-0.2, -0.15) is 0 Å². The Hall–Kier alpha value is -0.0800. The van der Waals surface area contributed by atoms with Gasteiger partial charge >= 0.3 is 0 Å². The lowest BCUT2D eigenvalue weighted by atomic mass is 9.95. The van der Waals surface area contributed by atoms with Gasteiger partial charge in [0.15, 0.2) is 0 Å². The number of unbranched alkanes of at least 4 members (excludes halogenated alkanes) is 5. The van der Waals surface area contributed by atoms with E-state index in [0.29, 0.717) is 6.04 Å². The van der Waals surface area contributed by atoms with Crippen molar-refractivity contribution in [2.75, 3.05) is 13.7 Å². The first-order valence-electron chi connectivity index (χ1n) is 8.34. The van der Waals surface area contributed by atoms with Gasteiger partial charge in [-0.15, -0.1) is 0 Å². The second kappa shape index (κ2) is 11.7. The summed E-state index contributed by atoms with van der Waals surface area (Å²) in [5.41, 5.74) is 0.0226. The van der Waals surface area contributed by atoms with Crippen LogP contribution in [0.4, 0.5) is 0 Å². The fourth-order valence-electron chi connectivity index (χ4n) is 2.43. The molecule has 0 aliphatic heterocycles. The summed E-state index contributed by atoms with van der Waals surface area (Å²) < 4.78 is 5.51. The Morgan fingerprint density at radius 2 is 1.58 bits per heavy atom. The molecule has 0 aliphatic rings. The van der Waals surface area contributed by atoms with Crippen molar-refractivity contribution in [1.29, 1.82) is 0 Å². The lowest BCUT2D eigenvalue weighted by Gasteiger charge is -2.26. The zero-order chi connectivity index (χ0) is 14.6. The third-order valence-corrected chi connectivity index (χ3v) is 4.05. The molecule has 0 bridgehead atoms. The number of rotatable bonds is 13. The van der Waals surface area contributed by atoms with Crippen molar-refractivity contribution >= 4 is 0 Å². The molecule has 1 N–H and O–H groups in total. The molecule has 2 nitrogen and oxygen atoms in total. The highest BCUT2D eigenvalue weighted by Gasteiger charge is 2.18. The van der Waals surface area contributed by atoms with Gasteiger partial charge in [-0.05, 0) is 39.7 Å². The molecule has 1 atom stereocenters. The SMILES string of the molecule is CCCCCCCCC(CCC(C)(C)OC)NCC. The second-order valence-electron chi connectivity index (χ2n) is 6.31. The van der Waals surface area contributed by atoms with Crippen molar-refractivity contribution in [3.63, 3.8) is 0 Å². The molecule has 0 aromatic rings. The Balaban J connectivity index is 3.73. The quantitative estimate of drug-likeness (QED) is 0.480. The minimum absolute atomic E-state index is 0.0226. The summed E-state index contributed by atoms with van der Waals surface area (Å²) in [7, 11) is 1.82. The Labute approximate surface area is 121 Å².